The average Bonchev–Trinajstić information content (AvgIpc) is 2.88. The Kier molecular flexibility index (Phi) is 6.15. The van der Waals surface area contributed by atoms with Crippen LogP contribution in [0, 0.1) is 6.92 Å². The van der Waals surface area contributed by atoms with Crippen molar-refractivity contribution in [3.05, 3.63) is 17.2 Å². The van der Waals surface area contributed by atoms with Gasteiger partial charge in [0.2, 0.25) is 5.91 Å². The van der Waals surface area contributed by atoms with E-state index in [0.717, 1.165) is 36.7 Å². The third kappa shape index (κ3) is 4.53. The van der Waals surface area contributed by atoms with Gasteiger partial charge in [-0.25, -0.2) is 4.98 Å². The van der Waals surface area contributed by atoms with Crippen LogP contribution in [0.3, 0.4) is 0 Å². The normalized spacial score (nSPS) is 22.3. The third-order valence-corrected chi connectivity index (χ3v) is 4.24. The molecule has 0 radical (unpaired) electrons. The lowest BCUT2D eigenvalue weighted by Crippen LogP contribution is -2.55. The van der Waals surface area contributed by atoms with E-state index in [9.17, 15) is 4.79 Å². The number of aromatic amines is 1. The molecule has 1 aromatic rings. The lowest BCUT2D eigenvalue weighted by atomic mass is 9.97. The summed E-state index contributed by atoms with van der Waals surface area (Å²) in [5, 5.41) is 2.67. The summed E-state index contributed by atoms with van der Waals surface area (Å²) in [6.45, 7) is 7.36. The van der Waals surface area contributed by atoms with Crippen molar-refractivity contribution in [2.45, 2.75) is 38.8 Å². The Balaban J connectivity index is 2.07. The number of aryl methyl sites for hydroxylation is 2. The maximum atomic E-state index is 11.8. The SMILES string of the molecule is CCc1nc(CN2CCO[C@](COC)(CC(=O)NC)C2)c(C)[nH]1. The largest absolute Gasteiger partial charge is 0.382 e. The van der Waals surface area contributed by atoms with Crippen LogP contribution in [0.2, 0.25) is 0 Å². The number of ether oxygens (including phenoxy) is 2. The third-order valence-electron chi connectivity index (χ3n) is 4.24. The van der Waals surface area contributed by atoms with Crippen molar-refractivity contribution in [1.29, 1.82) is 0 Å². The molecule has 1 saturated heterocycles. The first-order valence-corrected chi connectivity index (χ1v) is 8.12. The number of nitrogens with one attached hydrogen (secondary N) is 2. The second kappa shape index (κ2) is 7.90. The van der Waals surface area contributed by atoms with Gasteiger partial charge in [-0.05, 0) is 6.92 Å². The van der Waals surface area contributed by atoms with Crippen molar-refractivity contribution in [3.63, 3.8) is 0 Å². The van der Waals surface area contributed by atoms with Gasteiger partial charge in [0.15, 0.2) is 0 Å². The van der Waals surface area contributed by atoms with Gasteiger partial charge in [-0.1, -0.05) is 6.92 Å². The molecular weight excluding hydrogens is 296 g/mol. The van der Waals surface area contributed by atoms with Crippen molar-refractivity contribution < 1.29 is 14.3 Å². The summed E-state index contributed by atoms with van der Waals surface area (Å²) < 4.78 is 11.3. The zero-order valence-electron chi connectivity index (χ0n) is 14.6. The summed E-state index contributed by atoms with van der Waals surface area (Å²) >= 11 is 0. The van der Waals surface area contributed by atoms with Crippen LogP contribution >= 0.6 is 0 Å². The summed E-state index contributed by atoms with van der Waals surface area (Å²) in [4.78, 5) is 22.1. The lowest BCUT2D eigenvalue weighted by Gasteiger charge is -2.41. The highest BCUT2D eigenvalue weighted by molar-refractivity contribution is 5.76. The lowest BCUT2D eigenvalue weighted by molar-refractivity contribution is -0.156. The maximum Gasteiger partial charge on any atom is 0.222 e. The number of carbonyl (C=O) groups is 1. The molecule has 1 aromatic heterocycles. The van der Waals surface area contributed by atoms with Gasteiger partial charge in [-0.3, -0.25) is 9.69 Å². The molecule has 2 heterocycles. The van der Waals surface area contributed by atoms with E-state index in [0.29, 0.717) is 26.2 Å². The van der Waals surface area contributed by atoms with Gasteiger partial charge in [0.25, 0.3) is 0 Å². The monoisotopic (exact) mass is 324 g/mol. The van der Waals surface area contributed by atoms with E-state index in [1.807, 2.05) is 0 Å². The Morgan fingerprint density at radius 3 is 2.96 bits per heavy atom. The number of rotatable bonds is 7. The molecule has 23 heavy (non-hydrogen) atoms. The molecule has 0 unspecified atom stereocenters. The average molecular weight is 324 g/mol. The molecule has 0 aliphatic carbocycles. The molecule has 0 bridgehead atoms. The number of nitrogens with zero attached hydrogens (tertiary/aromatic N) is 2. The van der Waals surface area contributed by atoms with Crippen molar-refractivity contribution in [1.82, 2.24) is 20.2 Å². The van der Waals surface area contributed by atoms with Crippen molar-refractivity contribution in [2.24, 2.45) is 0 Å². The predicted molar refractivity (Wildman–Crippen MR) is 87.2 cm³/mol. The highest BCUT2D eigenvalue weighted by atomic mass is 16.5. The standard InChI is InChI=1S/C16H28N4O3/c1-5-14-18-12(2)13(19-14)9-20-6-7-23-16(10-20,11-22-4)8-15(21)17-3/h5-11H2,1-4H3,(H,17,21)(H,18,19)/t16-/m1/s1. The molecule has 0 saturated carbocycles. The van der Waals surface area contributed by atoms with Gasteiger partial charge in [0.05, 0.1) is 25.3 Å². The van der Waals surface area contributed by atoms with Crippen molar-refractivity contribution >= 4 is 5.91 Å². The predicted octanol–water partition coefficient (Wildman–Crippen LogP) is 0.634. The molecule has 1 aliphatic rings. The molecule has 130 valence electrons. The maximum absolute atomic E-state index is 11.8. The smallest absolute Gasteiger partial charge is 0.222 e. The Bertz CT molecular complexity index is 527. The number of morpholine rings is 1. The molecule has 1 fully saturated rings. The number of methoxy groups -OCH3 is 1. The zero-order chi connectivity index (χ0) is 16.9. The van der Waals surface area contributed by atoms with Gasteiger partial charge < -0.3 is 19.8 Å². The molecule has 0 spiro atoms. The minimum atomic E-state index is -0.592. The second-order valence-electron chi connectivity index (χ2n) is 6.13. The van der Waals surface area contributed by atoms with Crippen molar-refractivity contribution in [2.75, 3.05) is 40.5 Å². The minimum absolute atomic E-state index is 0.0341. The number of aromatic nitrogens is 2. The molecule has 1 aliphatic heterocycles. The summed E-state index contributed by atoms with van der Waals surface area (Å²) in [6.07, 6.45) is 1.20. The summed E-state index contributed by atoms with van der Waals surface area (Å²) in [5.74, 6) is 0.979. The van der Waals surface area contributed by atoms with Gasteiger partial charge in [-0.15, -0.1) is 0 Å². The molecule has 0 aromatic carbocycles. The van der Waals surface area contributed by atoms with Crippen LogP contribution in [0.25, 0.3) is 0 Å². The van der Waals surface area contributed by atoms with E-state index in [1.165, 1.54) is 0 Å². The number of amides is 1. The Labute approximate surface area is 137 Å². The van der Waals surface area contributed by atoms with Gasteiger partial charge in [0, 0.05) is 45.9 Å². The highest BCUT2D eigenvalue weighted by Crippen LogP contribution is 2.24. The van der Waals surface area contributed by atoms with Gasteiger partial charge in [0.1, 0.15) is 11.4 Å². The van der Waals surface area contributed by atoms with Crippen LogP contribution < -0.4 is 5.32 Å². The summed E-state index contributed by atoms with van der Waals surface area (Å²) in [6, 6.07) is 0. The number of hydrogen-bond donors (Lipinski definition) is 2. The number of H-pyrrole nitrogens is 1. The number of imidazole rings is 1. The molecule has 1 atom stereocenters. The van der Waals surface area contributed by atoms with Crippen LogP contribution in [-0.2, 0) is 27.2 Å². The van der Waals surface area contributed by atoms with E-state index >= 15 is 0 Å². The zero-order valence-corrected chi connectivity index (χ0v) is 14.6. The van der Waals surface area contributed by atoms with Crippen LogP contribution in [0.15, 0.2) is 0 Å². The fourth-order valence-corrected chi connectivity index (χ4v) is 3.04. The molecule has 2 rings (SSSR count). The quantitative estimate of drug-likeness (QED) is 0.769. The molecule has 1 amide bonds. The number of carbonyl (C=O) groups excluding carboxylic acids is 1. The molecule has 2 N–H and O–H groups in total. The highest BCUT2D eigenvalue weighted by Gasteiger charge is 2.39. The van der Waals surface area contributed by atoms with Crippen LogP contribution in [-0.4, -0.2) is 66.8 Å². The summed E-state index contributed by atoms with van der Waals surface area (Å²) in [7, 11) is 3.28. The van der Waals surface area contributed by atoms with Crippen LogP contribution in [0.5, 0.6) is 0 Å². The van der Waals surface area contributed by atoms with Gasteiger partial charge >= 0.3 is 0 Å². The fourth-order valence-electron chi connectivity index (χ4n) is 3.04. The Morgan fingerprint density at radius 1 is 1.57 bits per heavy atom. The van der Waals surface area contributed by atoms with Crippen LogP contribution in [0.1, 0.15) is 30.6 Å². The molecule has 7 heteroatoms. The first-order valence-electron chi connectivity index (χ1n) is 8.12. The minimum Gasteiger partial charge on any atom is -0.382 e. The summed E-state index contributed by atoms with van der Waals surface area (Å²) in [5.41, 5.74) is 1.58. The van der Waals surface area contributed by atoms with E-state index < -0.39 is 5.60 Å². The Morgan fingerprint density at radius 2 is 2.35 bits per heavy atom. The first-order chi connectivity index (χ1) is 11.0. The van der Waals surface area contributed by atoms with Gasteiger partial charge in [-0.2, -0.15) is 0 Å². The molecule has 7 nitrogen and oxygen atoms in total. The van der Waals surface area contributed by atoms with E-state index in [-0.39, 0.29) is 5.91 Å². The van der Waals surface area contributed by atoms with E-state index in [4.69, 9.17) is 9.47 Å². The first kappa shape index (κ1) is 17.9. The van der Waals surface area contributed by atoms with E-state index in [1.54, 1.807) is 14.2 Å². The van der Waals surface area contributed by atoms with Crippen LogP contribution in [0.4, 0.5) is 0 Å². The fraction of sp³-hybridized carbons (Fsp3) is 0.750. The Hall–Kier alpha value is -1.44. The topological polar surface area (TPSA) is 79.5 Å². The van der Waals surface area contributed by atoms with Crippen molar-refractivity contribution in [3.8, 4) is 0 Å². The van der Waals surface area contributed by atoms with E-state index in [2.05, 4.69) is 34.0 Å². The number of hydrogen-bond acceptors (Lipinski definition) is 5. The molecular formula is C16H28N4O3. The second-order valence-corrected chi connectivity index (χ2v) is 6.13.